The van der Waals surface area contributed by atoms with E-state index in [4.69, 9.17) is 0 Å². The van der Waals surface area contributed by atoms with E-state index in [0.29, 0.717) is 12.1 Å². The van der Waals surface area contributed by atoms with Gasteiger partial charge in [-0.05, 0) is 25.5 Å². The zero-order valence-corrected chi connectivity index (χ0v) is 11.7. The van der Waals surface area contributed by atoms with Crippen LogP contribution in [0.25, 0.3) is 0 Å². The highest BCUT2D eigenvalue weighted by atomic mass is 19.3. The SMILES string of the molecule is Cc1ccc(C)c(C(F)(F)CCN2CCNCC2)c1. The van der Waals surface area contributed by atoms with E-state index in [1.165, 1.54) is 0 Å². The number of hydrogen-bond acceptors (Lipinski definition) is 2. The zero-order valence-electron chi connectivity index (χ0n) is 11.7. The van der Waals surface area contributed by atoms with E-state index in [-0.39, 0.29) is 12.0 Å². The molecule has 106 valence electrons. The molecular weight excluding hydrogens is 246 g/mol. The van der Waals surface area contributed by atoms with Crippen LogP contribution in [0.4, 0.5) is 8.78 Å². The minimum absolute atomic E-state index is 0.0999. The van der Waals surface area contributed by atoms with Gasteiger partial charge in [0.15, 0.2) is 0 Å². The molecule has 2 rings (SSSR count). The van der Waals surface area contributed by atoms with Crippen LogP contribution in [0.15, 0.2) is 18.2 Å². The molecule has 1 N–H and O–H groups in total. The van der Waals surface area contributed by atoms with Gasteiger partial charge in [0.05, 0.1) is 0 Å². The first-order chi connectivity index (χ1) is 8.99. The molecule has 19 heavy (non-hydrogen) atoms. The summed E-state index contributed by atoms with van der Waals surface area (Å²) in [7, 11) is 0. The molecule has 0 aliphatic carbocycles. The Morgan fingerprint density at radius 2 is 1.89 bits per heavy atom. The van der Waals surface area contributed by atoms with E-state index in [2.05, 4.69) is 10.2 Å². The van der Waals surface area contributed by atoms with Crippen LogP contribution < -0.4 is 5.32 Å². The van der Waals surface area contributed by atoms with Crippen molar-refractivity contribution >= 4 is 0 Å². The van der Waals surface area contributed by atoms with Gasteiger partial charge in [0.1, 0.15) is 0 Å². The van der Waals surface area contributed by atoms with Gasteiger partial charge in [0, 0.05) is 44.7 Å². The molecule has 1 aromatic carbocycles. The Morgan fingerprint density at radius 3 is 2.58 bits per heavy atom. The Labute approximate surface area is 113 Å². The van der Waals surface area contributed by atoms with Crippen molar-refractivity contribution in [3.05, 3.63) is 34.9 Å². The fourth-order valence-electron chi connectivity index (χ4n) is 2.50. The fraction of sp³-hybridized carbons (Fsp3) is 0.600. The second-order valence-electron chi connectivity index (χ2n) is 5.36. The highest BCUT2D eigenvalue weighted by Crippen LogP contribution is 2.34. The molecule has 0 unspecified atom stereocenters. The lowest BCUT2D eigenvalue weighted by molar-refractivity contribution is -0.0232. The molecule has 1 aliphatic rings. The van der Waals surface area contributed by atoms with Crippen LogP contribution in [-0.4, -0.2) is 37.6 Å². The minimum Gasteiger partial charge on any atom is -0.314 e. The average molecular weight is 268 g/mol. The van der Waals surface area contributed by atoms with E-state index >= 15 is 0 Å². The molecule has 1 aliphatic heterocycles. The fourth-order valence-corrected chi connectivity index (χ4v) is 2.50. The molecule has 2 nitrogen and oxygen atoms in total. The van der Waals surface area contributed by atoms with Crippen LogP contribution >= 0.6 is 0 Å². The standard InChI is InChI=1S/C15H22F2N2/c1-12-3-4-13(2)14(11-12)15(16,17)5-8-19-9-6-18-7-10-19/h3-4,11,18H,5-10H2,1-2H3. The average Bonchev–Trinajstić information content (AvgIpc) is 2.40. The van der Waals surface area contributed by atoms with Gasteiger partial charge >= 0.3 is 0 Å². The predicted molar refractivity (Wildman–Crippen MR) is 73.7 cm³/mol. The highest BCUT2D eigenvalue weighted by Gasteiger charge is 2.33. The summed E-state index contributed by atoms with van der Waals surface area (Å²) in [6.45, 7) is 7.60. The van der Waals surface area contributed by atoms with Crippen LogP contribution in [0.2, 0.25) is 0 Å². The Bertz CT molecular complexity index is 426. The highest BCUT2D eigenvalue weighted by molar-refractivity contribution is 5.33. The summed E-state index contributed by atoms with van der Waals surface area (Å²) >= 11 is 0. The first-order valence-corrected chi connectivity index (χ1v) is 6.88. The first kappa shape index (κ1) is 14.4. The number of alkyl halides is 2. The van der Waals surface area contributed by atoms with Crippen LogP contribution in [0.1, 0.15) is 23.1 Å². The number of rotatable bonds is 4. The van der Waals surface area contributed by atoms with E-state index in [1.807, 2.05) is 13.0 Å². The van der Waals surface area contributed by atoms with Crippen LogP contribution in [0.3, 0.4) is 0 Å². The van der Waals surface area contributed by atoms with E-state index in [0.717, 1.165) is 31.7 Å². The molecule has 0 atom stereocenters. The van der Waals surface area contributed by atoms with Gasteiger partial charge in [0.2, 0.25) is 0 Å². The largest absolute Gasteiger partial charge is 0.314 e. The summed E-state index contributed by atoms with van der Waals surface area (Å²) in [5.41, 5.74) is 1.75. The van der Waals surface area contributed by atoms with E-state index in [1.54, 1.807) is 19.1 Å². The van der Waals surface area contributed by atoms with Gasteiger partial charge in [-0.1, -0.05) is 17.7 Å². The lowest BCUT2D eigenvalue weighted by atomic mass is 9.98. The molecule has 0 spiro atoms. The predicted octanol–water partition coefficient (Wildman–Crippen LogP) is 2.69. The van der Waals surface area contributed by atoms with E-state index < -0.39 is 5.92 Å². The monoisotopic (exact) mass is 268 g/mol. The lowest BCUT2D eigenvalue weighted by Gasteiger charge is -2.29. The van der Waals surface area contributed by atoms with Crippen LogP contribution in [-0.2, 0) is 5.92 Å². The normalized spacial score (nSPS) is 17.7. The van der Waals surface area contributed by atoms with Gasteiger partial charge in [-0.3, -0.25) is 0 Å². The molecule has 4 heteroatoms. The van der Waals surface area contributed by atoms with Gasteiger partial charge in [-0.2, -0.15) is 0 Å². The summed E-state index contributed by atoms with van der Waals surface area (Å²) in [4.78, 5) is 2.11. The van der Waals surface area contributed by atoms with Crippen molar-refractivity contribution in [3.63, 3.8) is 0 Å². The Hall–Kier alpha value is -1.00. The first-order valence-electron chi connectivity index (χ1n) is 6.88. The number of aryl methyl sites for hydroxylation is 2. The molecule has 1 fully saturated rings. The van der Waals surface area contributed by atoms with Crippen LogP contribution in [0.5, 0.6) is 0 Å². The second-order valence-corrected chi connectivity index (χ2v) is 5.36. The number of hydrogen-bond donors (Lipinski definition) is 1. The zero-order chi connectivity index (χ0) is 13.9. The maximum absolute atomic E-state index is 14.3. The minimum atomic E-state index is -2.74. The molecule has 1 heterocycles. The van der Waals surface area contributed by atoms with Crippen molar-refractivity contribution in [1.82, 2.24) is 10.2 Å². The summed E-state index contributed by atoms with van der Waals surface area (Å²) in [6, 6.07) is 5.28. The van der Waals surface area contributed by atoms with E-state index in [9.17, 15) is 8.78 Å². The third-order valence-corrected chi connectivity index (χ3v) is 3.74. The molecule has 0 bridgehead atoms. The third kappa shape index (κ3) is 3.74. The lowest BCUT2D eigenvalue weighted by Crippen LogP contribution is -2.44. The molecule has 0 amide bonds. The summed E-state index contributed by atoms with van der Waals surface area (Å²) in [6.07, 6.45) is -0.0999. The summed E-state index contributed by atoms with van der Waals surface area (Å²) in [5.74, 6) is -2.74. The third-order valence-electron chi connectivity index (χ3n) is 3.74. The molecule has 1 aromatic rings. The number of benzene rings is 1. The van der Waals surface area contributed by atoms with Crippen molar-refractivity contribution < 1.29 is 8.78 Å². The smallest absolute Gasteiger partial charge is 0.274 e. The number of halogens is 2. The second kappa shape index (κ2) is 5.97. The molecule has 1 saturated heterocycles. The van der Waals surface area contributed by atoms with Crippen molar-refractivity contribution in [2.24, 2.45) is 0 Å². The Balaban J connectivity index is 2.02. The number of piperazine rings is 1. The van der Waals surface area contributed by atoms with Gasteiger partial charge in [-0.25, -0.2) is 8.78 Å². The topological polar surface area (TPSA) is 15.3 Å². The van der Waals surface area contributed by atoms with Gasteiger partial charge < -0.3 is 10.2 Å². The summed E-state index contributed by atoms with van der Waals surface area (Å²) in [5, 5.41) is 3.23. The number of nitrogens with one attached hydrogen (secondary N) is 1. The van der Waals surface area contributed by atoms with Crippen molar-refractivity contribution in [2.75, 3.05) is 32.7 Å². The molecule has 0 saturated carbocycles. The summed E-state index contributed by atoms with van der Waals surface area (Å²) < 4.78 is 28.6. The quantitative estimate of drug-likeness (QED) is 0.903. The van der Waals surface area contributed by atoms with Crippen LogP contribution in [0, 0.1) is 13.8 Å². The van der Waals surface area contributed by atoms with Gasteiger partial charge in [-0.15, -0.1) is 0 Å². The number of nitrogens with zero attached hydrogens (tertiary/aromatic N) is 1. The molecule has 0 radical (unpaired) electrons. The van der Waals surface area contributed by atoms with Crippen molar-refractivity contribution in [2.45, 2.75) is 26.2 Å². The maximum Gasteiger partial charge on any atom is 0.274 e. The van der Waals surface area contributed by atoms with Crippen molar-refractivity contribution in [3.8, 4) is 0 Å². The molecule has 0 aromatic heterocycles. The Kier molecular flexibility index (Phi) is 4.53. The Morgan fingerprint density at radius 1 is 1.21 bits per heavy atom. The van der Waals surface area contributed by atoms with Gasteiger partial charge in [0.25, 0.3) is 5.92 Å². The molecular formula is C15H22F2N2. The maximum atomic E-state index is 14.3. The van der Waals surface area contributed by atoms with Crippen molar-refractivity contribution in [1.29, 1.82) is 0 Å².